The van der Waals surface area contributed by atoms with Crippen LogP contribution < -0.4 is 10.1 Å². The Morgan fingerprint density at radius 3 is 2.55 bits per heavy atom. The lowest BCUT2D eigenvalue weighted by Gasteiger charge is -2.20. The molecule has 0 fully saturated rings. The second kappa shape index (κ2) is 7.01. The molecule has 0 aliphatic heterocycles. The maximum atomic E-state index is 13.9. The van der Waals surface area contributed by atoms with Gasteiger partial charge in [-0.15, -0.1) is 0 Å². The third-order valence-corrected chi connectivity index (χ3v) is 3.15. The van der Waals surface area contributed by atoms with Crippen LogP contribution in [0.2, 0.25) is 0 Å². The Labute approximate surface area is 118 Å². The van der Waals surface area contributed by atoms with Gasteiger partial charge in [0, 0.05) is 12.4 Å². The van der Waals surface area contributed by atoms with Crippen LogP contribution in [0.5, 0.6) is 5.75 Å². The van der Waals surface area contributed by atoms with Crippen molar-refractivity contribution in [2.75, 3.05) is 13.7 Å². The second-order valence-corrected chi connectivity index (χ2v) is 4.56. The number of rotatable bonds is 6. The van der Waals surface area contributed by atoms with E-state index >= 15 is 0 Å². The van der Waals surface area contributed by atoms with Crippen LogP contribution >= 0.6 is 0 Å². The molecule has 0 spiro atoms. The van der Waals surface area contributed by atoms with E-state index in [4.69, 9.17) is 4.74 Å². The first-order chi connectivity index (χ1) is 9.76. The number of hydrogen-bond acceptors (Lipinski definition) is 3. The zero-order valence-corrected chi connectivity index (χ0v) is 11.8. The van der Waals surface area contributed by atoms with E-state index in [1.54, 1.807) is 18.5 Å². The van der Waals surface area contributed by atoms with Crippen LogP contribution in [-0.2, 0) is 0 Å². The number of nitrogens with one attached hydrogen (secondary N) is 1. The maximum Gasteiger partial charge on any atom is 0.165 e. The summed E-state index contributed by atoms with van der Waals surface area (Å²) in [6.45, 7) is 2.96. The predicted octanol–water partition coefficient (Wildman–Crippen LogP) is 3.32. The Bertz CT molecular complexity index is 545. The fourth-order valence-corrected chi connectivity index (χ4v) is 2.13. The van der Waals surface area contributed by atoms with Crippen molar-refractivity contribution in [1.29, 1.82) is 0 Å². The summed E-state index contributed by atoms with van der Waals surface area (Å²) in [5, 5.41) is 3.43. The monoisotopic (exact) mass is 274 g/mol. The van der Waals surface area contributed by atoms with Crippen molar-refractivity contribution in [1.82, 2.24) is 10.3 Å². The lowest BCUT2D eigenvalue weighted by Crippen LogP contribution is -2.23. The molecule has 3 nitrogen and oxygen atoms in total. The lowest BCUT2D eigenvalue weighted by molar-refractivity contribution is 0.385. The molecule has 1 atom stereocenters. The molecule has 1 unspecified atom stereocenters. The van der Waals surface area contributed by atoms with Gasteiger partial charge in [0.05, 0.1) is 13.2 Å². The summed E-state index contributed by atoms with van der Waals surface area (Å²) in [6, 6.07) is 8.90. The topological polar surface area (TPSA) is 34.2 Å². The van der Waals surface area contributed by atoms with E-state index in [0.29, 0.717) is 0 Å². The third-order valence-electron chi connectivity index (χ3n) is 3.15. The zero-order chi connectivity index (χ0) is 14.4. The van der Waals surface area contributed by atoms with Crippen LogP contribution in [0.25, 0.3) is 0 Å². The van der Waals surface area contributed by atoms with Crippen LogP contribution in [0.1, 0.15) is 30.5 Å². The highest BCUT2D eigenvalue weighted by Crippen LogP contribution is 2.26. The number of ether oxygens (including phenoxy) is 1. The molecule has 0 saturated carbocycles. The molecule has 1 aromatic carbocycles. The average molecular weight is 274 g/mol. The standard InChI is InChI=1S/C16H19FN2O/c1-3-8-19-16(12-6-9-18-10-7-12)13-4-5-15(20-2)14(17)11-13/h4-7,9-11,16,19H,3,8H2,1-2H3. The number of methoxy groups -OCH3 is 1. The van der Waals surface area contributed by atoms with Crippen molar-refractivity contribution >= 4 is 0 Å². The van der Waals surface area contributed by atoms with Gasteiger partial charge in [-0.25, -0.2) is 4.39 Å². The van der Waals surface area contributed by atoms with Crippen LogP contribution in [0.4, 0.5) is 4.39 Å². The van der Waals surface area contributed by atoms with E-state index in [1.807, 2.05) is 18.2 Å². The van der Waals surface area contributed by atoms with Gasteiger partial charge < -0.3 is 10.1 Å². The summed E-state index contributed by atoms with van der Waals surface area (Å²) in [6.07, 6.45) is 4.51. The van der Waals surface area contributed by atoms with Gasteiger partial charge in [-0.1, -0.05) is 13.0 Å². The smallest absolute Gasteiger partial charge is 0.165 e. The molecule has 2 rings (SSSR count). The molecule has 0 aliphatic rings. The van der Waals surface area contributed by atoms with Crippen molar-refractivity contribution in [2.24, 2.45) is 0 Å². The highest BCUT2D eigenvalue weighted by atomic mass is 19.1. The van der Waals surface area contributed by atoms with Gasteiger partial charge in [0.1, 0.15) is 0 Å². The molecule has 1 N–H and O–H groups in total. The van der Waals surface area contributed by atoms with Crippen LogP contribution in [0.3, 0.4) is 0 Å². The Morgan fingerprint density at radius 2 is 1.95 bits per heavy atom. The normalized spacial score (nSPS) is 12.2. The number of benzene rings is 1. The predicted molar refractivity (Wildman–Crippen MR) is 77.3 cm³/mol. The summed E-state index contributed by atoms with van der Waals surface area (Å²) in [5.74, 6) is -0.0833. The summed E-state index contributed by atoms with van der Waals surface area (Å²) in [7, 11) is 1.47. The molecule has 1 heterocycles. The summed E-state index contributed by atoms with van der Waals surface area (Å²) >= 11 is 0. The van der Waals surface area contributed by atoms with Crippen molar-refractivity contribution in [3.63, 3.8) is 0 Å². The van der Waals surface area contributed by atoms with Gasteiger partial charge in [0.2, 0.25) is 0 Å². The van der Waals surface area contributed by atoms with Gasteiger partial charge in [0.15, 0.2) is 11.6 Å². The van der Waals surface area contributed by atoms with Gasteiger partial charge in [-0.2, -0.15) is 0 Å². The minimum absolute atomic E-state index is 0.0432. The molecule has 0 saturated heterocycles. The SMILES string of the molecule is CCCNC(c1ccncc1)c1ccc(OC)c(F)c1. The minimum atomic E-state index is -0.345. The van der Waals surface area contributed by atoms with E-state index in [-0.39, 0.29) is 17.6 Å². The summed E-state index contributed by atoms with van der Waals surface area (Å²) < 4.78 is 18.8. The van der Waals surface area contributed by atoms with Crippen LogP contribution in [0.15, 0.2) is 42.7 Å². The molecular formula is C16H19FN2O. The van der Waals surface area contributed by atoms with E-state index in [0.717, 1.165) is 24.1 Å². The fraction of sp³-hybridized carbons (Fsp3) is 0.312. The lowest BCUT2D eigenvalue weighted by atomic mass is 9.99. The molecule has 2 aromatic rings. The maximum absolute atomic E-state index is 13.9. The molecule has 0 radical (unpaired) electrons. The average Bonchev–Trinajstić information content (AvgIpc) is 2.49. The van der Waals surface area contributed by atoms with Gasteiger partial charge in [0.25, 0.3) is 0 Å². The summed E-state index contributed by atoms with van der Waals surface area (Å²) in [4.78, 5) is 4.02. The molecule has 0 amide bonds. The molecule has 4 heteroatoms. The first-order valence-electron chi connectivity index (χ1n) is 6.73. The van der Waals surface area contributed by atoms with Crippen molar-refractivity contribution in [2.45, 2.75) is 19.4 Å². The third kappa shape index (κ3) is 3.33. The highest BCUT2D eigenvalue weighted by molar-refractivity contribution is 5.36. The van der Waals surface area contributed by atoms with E-state index in [1.165, 1.54) is 13.2 Å². The van der Waals surface area contributed by atoms with E-state index in [2.05, 4.69) is 17.2 Å². The number of aromatic nitrogens is 1. The van der Waals surface area contributed by atoms with Crippen LogP contribution in [0, 0.1) is 5.82 Å². The Hall–Kier alpha value is -1.94. The molecule has 1 aromatic heterocycles. The van der Waals surface area contributed by atoms with Crippen molar-refractivity contribution in [3.05, 3.63) is 59.7 Å². The number of pyridine rings is 1. The largest absolute Gasteiger partial charge is 0.494 e. The van der Waals surface area contributed by atoms with E-state index in [9.17, 15) is 4.39 Å². The summed E-state index contributed by atoms with van der Waals surface area (Å²) in [5.41, 5.74) is 1.95. The quantitative estimate of drug-likeness (QED) is 0.877. The van der Waals surface area contributed by atoms with Gasteiger partial charge in [-0.3, -0.25) is 4.98 Å². The molecule has 20 heavy (non-hydrogen) atoms. The van der Waals surface area contributed by atoms with Crippen molar-refractivity contribution in [3.8, 4) is 5.75 Å². The fourth-order valence-electron chi connectivity index (χ4n) is 2.13. The molecular weight excluding hydrogens is 255 g/mol. The minimum Gasteiger partial charge on any atom is -0.494 e. The van der Waals surface area contributed by atoms with Crippen LogP contribution in [-0.4, -0.2) is 18.6 Å². The second-order valence-electron chi connectivity index (χ2n) is 4.56. The number of halogens is 1. The first kappa shape index (κ1) is 14.5. The zero-order valence-electron chi connectivity index (χ0n) is 11.8. The van der Waals surface area contributed by atoms with Gasteiger partial charge >= 0.3 is 0 Å². The number of hydrogen-bond donors (Lipinski definition) is 1. The first-order valence-corrected chi connectivity index (χ1v) is 6.73. The molecule has 0 bridgehead atoms. The number of nitrogens with zero attached hydrogens (tertiary/aromatic N) is 1. The van der Waals surface area contributed by atoms with Crippen molar-refractivity contribution < 1.29 is 9.13 Å². The molecule has 0 aliphatic carbocycles. The van der Waals surface area contributed by atoms with Gasteiger partial charge in [-0.05, 0) is 48.4 Å². The highest BCUT2D eigenvalue weighted by Gasteiger charge is 2.15. The Kier molecular flexibility index (Phi) is 5.07. The molecule has 106 valence electrons. The van der Waals surface area contributed by atoms with E-state index < -0.39 is 0 Å². The Morgan fingerprint density at radius 1 is 1.20 bits per heavy atom. The Balaban J connectivity index is 2.33.